The number of rotatable bonds is 9. The molecule has 3 aromatic rings. The summed E-state index contributed by atoms with van der Waals surface area (Å²) in [5, 5.41) is 2.74. The van der Waals surface area contributed by atoms with E-state index >= 15 is 0 Å². The normalized spacial score (nSPS) is 10.5. The number of amides is 2. The molecule has 0 spiro atoms. The summed E-state index contributed by atoms with van der Waals surface area (Å²) in [6.45, 7) is 1.23. The van der Waals surface area contributed by atoms with Gasteiger partial charge in [-0.15, -0.1) is 0 Å². The van der Waals surface area contributed by atoms with E-state index in [1.54, 1.807) is 41.8 Å². The summed E-state index contributed by atoms with van der Waals surface area (Å²) in [6.07, 6.45) is 7.33. The Morgan fingerprint density at radius 1 is 1.04 bits per heavy atom. The molecular formula is C20H21N3O4. The van der Waals surface area contributed by atoms with Crippen LogP contribution < -0.4 is 5.32 Å². The first kappa shape index (κ1) is 18.4. The van der Waals surface area contributed by atoms with Crippen LogP contribution in [0, 0.1) is 0 Å². The molecule has 7 heteroatoms. The lowest BCUT2D eigenvalue weighted by atomic mass is 10.2. The van der Waals surface area contributed by atoms with E-state index < -0.39 is 0 Å². The summed E-state index contributed by atoms with van der Waals surface area (Å²) in [6, 6.07) is 10.7. The molecule has 140 valence electrons. The summed E-state index contributed by atoms with van der Waals surface area (Å²) in [5.41, 5.74) is 0.948. The summed E-state index contributed by atoms with van der Waals surface area (Å²) in [7, 11) is 0. The number of carbonyl (C=O) groups is 2. The van der Waals surface area contributed by atoms with Gasteiger partial charge in [-0.25, -0.2) is 0 Å². The molecule has 0 saturated carbocycles. The van der Waals surface area contributed by atoms with Gasteiger partial charge in [0.15, 0.2) is 5.76 Å². The number of carbonyl (C=O) groups excluding carboxylic acids is 2. The van der Waals surface area contributed by atoms with Crippen molar-refractivity contribution in [2.45, 2.75) is 25.9 Å². The highest BCUT2D eigenvalue weighted by molar-refractivity contribution is 5.91. The molecular weight excluding hydrogens is 346 g/mol. The fourth-order valence-electron chi connectivity index (χ4n) is 2.63. The summed E-state index contributed by atoms with van der Waals surface area (Å²) < 4.78 is 10.4. The quantitative estimate of drug-likeness (QED) is 0.587. The Hall–Kier alpha value is -3.35. The maximum Gasteiger partial charge on any atom is 0.286 e. The number of furan rings is 2. The van der Waals surface area contributed by atoms with Crippen LogP contribution >= 0.6 is 0 Å². The Bertz CT molecular complexity index is 830. The molecule has 3 aromatic heterocycles. The van der Waals surface area contributed by atoms with E-state index in [1.165, 1.54) is 6.26 Å². The van der Waals surface area contributed by atoms with Crippen LogP contribution in [0.4, 0.5) is 0 Å². The molecule has 0 fully saturated rings. The van der Waals surface area contributed by atoms with Gasteiger partial charge in [0, 0.05) is 31.9 Å². The molecule has 0 atom stereocenters. The minimum atomic E-state index is -0.282. The molecule has 2 amide bonds. The maximum absolute atomic E-state index is 12.7. The summed E-state index contributed by atoms with van der Waals surface area (Å²) in [4.78, 5) is 30.3. The predicted molar refractivity (Wildman–Crippen MR) is 97.5 cm³/mol. The Morgan fingerprint density at radius 2 is 1.89 bits per heavy atom. The molecule has 1 N–H and O–H groups in total. The third kappa shape index (κ3) is 5.57. The van der Waals surface area contributed by atoms with Crippen LogP contribution in [0.15, 0.2) is 70.2 Å². The first-order chi connectivity index (χ1) is 13.2. The largest absolute Gasteiger partial charge is 0.467 e. The van der Waals surface area contributed by atoms with Crippen LogP contribution in [-0.2, 0) is 17.9 Å². The van der Waals surface area contributed by atoms with Gasteiger partial charge in [0.1, 0.15) is 5.76 Å². The fraction of sp³-hybridized carbons (Fsp3) is 0.250. The number of aromatic nitrogens is 1. The van der Waals surface area contributed by atoms with Crippen molar-refractivity contribution in [3.05, 3.63) is 78.4 Å². The van der Waals surface area contributed by atoms with Crippen LogP contribution in [-0.4, -0.2) is 28.2 Å². The minimum Gasteiger partial charge on any atom is -0.467 e. The smallest absolute Gasteiger partial charge is 0.286 e. The van der Waals surface area contributed by atoms with Gasteiger partial charge < -0.3 is 19.1 Å². The highest BCUT2D eigenvalue weighted by Gasteiger charge is 2.16. The molecule has 0 radical (unpaired) electrons. The SMILES string of the molecule is O=C(NCCCC(=O)N(Cc1cccnc1)Cc1ccco1)c1ccco1. The third-order valence-electron chi connectivity index (χ3n) is 3.97. The van der Waals surface area contributed by atoms with E-state index in [0.29, 0.717) is 32.5 Å². The average molecular weight is 367 g/mol. The molecule has 0 aromatic carbocycles. The van der Waals surface area contributed by atoms with E-state index in [2.05, 4.69) is 10.3 Å². The van der Waals surface area contributed by atoms with Gasteiger partial charge in [-0.2, -0.15) is 0 Å². The van der Waals surface area contributed by atoms with Crippen molar-refractivity contribution in [1.29, 1.82) is 0 Å². The van der Waals surface area contributed by atoms with Crippen molar-refractivity contribution in [3.63, 3.8) is 0 Å². The van der Waals surface area contributed by atoms with Crippen LogP contribution in [0.3, 0.4) is 0 Å². The zero-order chi connectivity index (χ0) is 18.9. The van der Waals surface area contributed by atoms with Crippen molar-refractivity contribution in [1.82, 2.24) is 15.2 Å². The van der Waals surface area contributed by atoms with Crippen molar-refractivity contribution in [3.8, 4) is 0 Å². The second kappa shape index (κ2) is 9.38. The molecule has 0 bridgehead atoms. The van der Waals surface area contributed by atoms with Gasteiger partial charge in [-0.05, 0) is 42.3 Å². The molecule has 27 heavy (non-hydrogen) atoms. The van der Waals surface area contributed by atoms with E-state index in [1.807, 2.05) is 18.2 Å². The lowest BCUT2D eigenvalue weighted by molar-refractivity contribution is -0.132. The highest BCUT2D eigenvalue weighted by atomic mass is 16.3. The molecule has 0 unspecified atom stereocenters. The number of hydrogen-bond donors (Lipinski definition) is 1. The minimum absolute atomic E-state index is 0.0116. The monoisotopic (exact) mass is 367 g/mol. The van der Waals surface area contributed by atoms with Crippen molar-refractivity contribution in [2.75, 3.05) is 6.54 Å². The standard InChI is InChI=1S/C20H21N3O4/c24-19(8-2-10-22-20(25)18-7-4-12-27-18)23(15-17-6-3-11-26-17)14-16-5-1-9-21-13-16/h1,3-7,9,11-13H,2,8,10,14-15H2,(H,22,25). The fourth-order valence-corrected chi connectivity index (χ4v) is 2.63. The van der Waals surface area contributed by atoms with Gasteiger partial charge in [0.25, 0.3) is 5.91 Å². The van der Waals surface area contributed by atoms with Gasteiger partial charge in [-0.3, -0.25) is 14.6 Å². The van der Waals surface area contributed by atoms with Crippen LogP contribution in [0.2, 0.25) is 0 Å². The molecule has 0 saturated heterocycles. The number of nitrogens with zero attached hydrogens (tertiary/aromatic N) is 2. The maximum atomic E-state index is 12.7. The molecule has 3 rings (SSSR count). The average Bonchev–Trinajstić information content (AvgIpc) is 3.39. The number of pyridine rings is 1. The first-order valence-corrected chi connectivity index (χ1v) is 8.73. The van der Waals surface area contributed by atoms with Gasteiger partial charge in [-0.1, -0.05) is 6.07 Å². The molecule has 7 nitrogen and oxygen atoms in total. The van der Waals surface area contributed by atoms with Crippen LogP contribution in [0.5, 0.6) is 0 Å². The topological polar surface area (TPSA) is 88.6 Å². The summed E-state index contributed by atoms with van der Waals surface area (Å²) in [5.74, 6) is 0.688. The third-order valence-corrected chi connectivity index (χ3v) is 3.97. The van der Waals surface area contributed by atoms with Gasteiger partial charge in [0.05, 0.1) is 19.1 Å². The molecule has 0 aliphatic rings. The lowest BCUT2D eigenvalue weighted by Crippen LogP contribution is -2.31. The van der Waals surface area contributed by atoms with Crippen molar-refractivity contribution >= 4 is 11.8 Å². The van der Waals surface area contributed by atoms with Crippen LogP contribution in [0.1, 0.15) is 34.7 Å². The zero-order valence-electron chi connectivity index (χ0n) is 14.8. The van der Waals surface area contributed by atoms with E-state index in [-0.39, 0.29) is 17.6 Å². The van der Waals surface area contributed by atoms with Crippen molar-refractivity contribution in [2.24, 2.45) is 0 Å². The first-order valence-electron chi connectivity index (χ1n) is 8.73. The Labute approximate surface area is 157 Å². The Morgan fingerprint density at radius 3 is 2.59 bits per heavy atom. The summed E-state index contributed by atoms with van der Waals surface area (Å²) >= 11 is 0. The second-order valence-corrected chi connectivity index (χ2v) is 6.03. The number of nitrogens with one attached hydrogen (secondary N) is 1. The lowest BCUT2D eigenvalue weighted by Gasteiger charge is -2.22. The predicted octanol–water partition coefficient (Wildman–Crippen LogP) is 3.01. The van der Waals surface area contributed by atoms with Crippen LogP contribution in [0.25, 0.3) is 0 Å². The van der Waals surface area contributed by atoms with E-state index in [9.17, 15) is 9.59 Å². The Kier molecular flexibility index (Phi) is 6.40. The number of hydrogen-bond acceptors (Lipinski definition) is 5. The van der Waals surface area contributed by atoms with Gasteiger partial charge in [0.2, 0.25) is 5.91 Å². The molecule has 3 heterocycles. The second-order valence-electron chi connectivity index (χ2n) is 6.03. The van der Waals surface area contributed by atoms with Gasteiger partial charge >= 0.3 is 0 Å². The molecule has 0 aliphatic carbocycles. The van der Waals surface area contributed by atoms with Crippen molar-refractivity contribution < 1.29 is 18.4 Å². The van der Waals surface area contributed by atoms with E-state index in [0.717, 1.165) is 11.3 Å². The zero-order valence-corrected chi connectivity index (χ0v) is 14.8. The highest BCUT2D eigenvalue weighted by Crippen LogP contribution is 2.12. The van der Waals surface area contributed by atoms with E-state index in [4.69, 9.17) is 8.83 Å². The Balaban J connectivity index is 1.51. The molecule has 0 aliphatic heterocycles.